The van der Waals surface area contributed by atoms with Crippen molar-refractivity contribution in [1.29, 1.82) is 0 Å². The van der Waals surface area contributed by atoms with E-state index in [0.717, 1.165) is 6.42 Å². The van der Waals surface area contributed by atoms with Gasteiger partial charge in [0.2, 0.25) is 0 Å². The van der Waals surface area contributed by atoms with Crippen LogP contribution in [0.3, 0.4) is 0 Å². The first-order valence-electron chi connectivity index (χ1n) is 6.29. The third-order valence-corrected chi connectivity index (χ3v) is 3.10. The van der Waals surface area contributed by atoms with Gasteiger partial charge in [0.1, 0.15) is 0 Å². The summed E-state index contributed by atoms with van der Waals surface area (Å²) in [5, 5.41) is 6.76. The van der Waals surface area contributed by atoms with Crippen LogP contribution in [0.5, 0.6) is 0 Å². The second kappa shape index (κ2) is 17.4. The van der Waals surface area contributed by atoms with E-state index in [2.05, 4.69) is 68.4 Å². The third kappa shape index (κ3) is 11.3. The Morgan fingerprint density at radius 3 is 1.96 bits per heavy atom. The number of hydrogen-bond donors (Lipinski definition) is 1. The Morgan fingerprint density at radius 2 is 1.48 bits per heavy atom. The van der Waals surface area contributed by atoms with Gasteiger partial charge in [0.25, 0.3) is 0 Å². The molecule has 1 unspecified atom stereocenters. The first-order chi connectivity index (χ1) is 9.19. The molecule has 23 heavy (non-hydrogen) atoms. The van der Waals surface area contributed by atoms with Crippen LogP contribution in [0, 0.1) is 14.4 Å². The van der Waals surface area contributed by atoms with Gasteiger partial charge in [-0.3, -0.25) is 0 Å². The van der Waals surface area contributed by atoms with Crippen molar-refractivity contribution in [3.05, 3.63) is 78.7 Å². The van der Waals surface area contributed by atoms with E-state index in [1.165, 1.54) is 16.7 Å². The first kappa shape index (κ1) is 30.0. The summed E-state index contributed by atoms with van der Waals surface area (Å²) in [5.41, 5.74) is 4.27. The Balaban J connectivity index is -0.000000240. The van der Waals surface area contributed by atoms with Crippen LogP contribution in [-0.4, -0.2) is 20.0 Å². The van der Waals surface area contributed by atoms with Gasteiger partial charge < -0.3 is 17.3 Å². The fourth-order valence-corrected chi connectivity index (χ4v) is 2.22. The molecule has 0 heterocycles. The molecule has 4 radical (unpaired) electrons. The molecule has 2 aromatic carbocycles. The van der Waals surface area contributed by atoms with E-state index in [4.69, 9.17) is 9.90 Å². The van der Waals surface area contributed by atoms with E-state index in [1.54, 1.807) is 0 Å². The van der Waals surface area contributed by atoms with Crippen LogP contribution in [0.2, 0.25) is 0 Å². The van der Waals surface area contributed by atoms with Crippen LogP contribution in [0.25, 0.3) is 0 Å². The minimum absolute atomic E-state index is 0. The average molecular weight is 386 g/mol. The number of rotatable bonds is 3. The summed E-state index contributed by atoms with van der Waals surface area (Å²) in [6.45, 7) is 4.99. The van der Waals surface area contributed by atoms with Gasteiger partial charge in [0.15, 0.2) is 0 Å². The van der Waals surface area contributed by atoms with E-state index in [9.17, 15) is 0 Å². The standard InChI is InChI=1S/C16H18.CHO2.CH4.CH3.B.Y/c1-13-8-6-7-11-16(13)14(2)12-15-9-4-3-5-10-15;2-1-3;;;;/h3-11,14H,12H2,1-2H3;(H,2,3);1H4;1H3;;/q;-1;;-1;;. The summed E-state index contributed by atoms with van der Waals surface area (Å²) < 4.78 is 0. The summed E-state index contributed by atoms with van der Waals surface area (Å²) in [7, 11) is 0. The van der Waals surface area contributed by atoms with Crippen LogP contribution in [0.1, 0.15) is 37.0 Å². The van der Waals surface area contributed by atoms with Gasteiger partial charge in [-0.05, 0) is 36.0 Å². The molecule has 0 bridgehead atoms. The molecule has 2 nitrogen and oxygen atoms in total. The second-order valence-corrected chi connectivity index (χ2v) is 4.54. The molecular formula is C19H26BO2Y-2. The maximum atomic E-state index is 8.24. The third-order valence-electron chi connectivity index (χ3n) is 3.10. The summed E-state index contributed by atoms with van der Waals surface area (Å²) in [5.74, 6) is 0.587. The van der Waals surface area contributed by atoms with Gasteiger partial charge in [-0.1, -0.05) is 75.4 Å². The van der Waals surface area contributed by atoms with Crippen molar-refractivity contribution in [2.75, 3.05) is 0 Å². The summed E-state index contributed by atoms with van der Waals surface area (Å²) >= 11 is 0. The molecule has 1 atom stereocenters. The second-order valence-electron chi connectivity index (χ2n) is 4.54. The number of benzene rings is 2. The molecule has 0 amide bonds. The molecule has 0 aliphatic rings. The van der Waals surface area contributed by atoms with Crippen molar-refractivity contribution in [2.45, 2.75) is 33.6 Å². The van der Waals surface area contributed by atoms with E-state index < -0.39 is 0 Å². The Labute approximate surface area is 169 Å². The van der Waals surface area contributed by atoms with Gasteiger partial charge in [0, 0.05) is 41.1 Å². The summed E-state index contributed by atoms with van der Waals surface area (Å²) in [4.78, 5) is 8.24. The number of hydrogen-bond acceptors (Lipinski definition) is 1. The molecule has 2 rings (SSSR count). The predicted octanol–water partition coefficient (Wildman–Crippen LogP) is 4.66. The first-order valence-corrected chi connectivity index (χ1v) is 6.29. The zero-order chi connectivity index (χ0) is 14.1. The molecular weight excluding hydrogens is 360 g/mol. The molecule has 0 spiro atoms. The number of aryl methyl sites for hydroxylation is 1. The molecule has 1 N–H and O–H groups in total. The van der Waals surface area contributed by atoms with Crippen LogP contribution in [-0.2, 0) is 43.9 Å². The Morgan fingerprint density at radius 1 is 1.04 bits per heavy atom. The fourth-order valence-electron chi connectivity index (χ4n) is 2.22. The summed E-state index contributed by atoms with van der Waals surface area (Å²) in [6, 6.07) is 19.4. The van der Waals surface area contributed by atoms with E-state index in [0.29, 0.717) is 12.4 Å². The van der Waals surface area contributed by atoms with Crippen molar-refractivity contribution in [2.24, 2.45) is 0 Å². The van der Waals surface area contributed by atoms with Crippen LogP contribution >= 0.6 is 0 Å². The van der Waals surface area contributed by atoms with Crippen molar-refractivity contribution >= 4 is 14.9 Å². The van der Waals surface area contributed by atoms with E-state index in [1.807, 2.05) is 0 Å². The average Bonchev–Trinajstić information content (AvgIpc) is 2.41. The maximum Gasteiger partial charge on any atom is 0 e. The quantitative estimate of drug-likeness (QED) is 0.616. The van der Waals surface area contributed by atoms with Gasteiger partial charge in [-0.15, -0.1) is 0 Å². The maximum absolute atomic E-state index is 8.24. The zero-order valence-electron chi connectivity index (χ0n) is 13.5. The minimum atomic E-state index is 0. The van der Waals surface area contributed by atoms with E-state index in [-0.39, 0.29) is 56.0 Å². The van der Waals surface area contributed by atoms with Gasteiger partial charge in [-0.25, -0.2) is 0 Å². The molecule has 4 heteroatoms. The van der Waals surface area contributed by atoms with Gasteiger partial charge >= 0.3 is 0 Å². The topological polar surface area (TPSA) is 37.3 Å². The van der Waals surface area contributed by atoms with Gasteiger partial charge in [0.05, 0.1) is 0 Å². The van der Waals surface area contributed by atoms with Gasteiger partial charge in [-0.2, -0.15) is 0 Å². The normalized spacial score (nSPS) is 9.13. The van der Waals surface area contributed by atoms with Crippen molar-refractivity contribution < 1.29 is 42.6 Å². The summed E-state index contributed by atoms with van der Waals surface area (Å²) in [6.07, 6.45) is 1.12. The van der Waals surface area contributed by atoms with Crippen LogP contribution in [0.15, 0.2) is 54.6 Å². The minimum Gasteiger partial charge on any atom is -0.665 e. The Bertz CT molecular complexity index is 504. The Kier molecular flexibility index (Phi) is 22.7. The molecule has 0 aliphatic heterocycles. The molecule has 0 aliphatic carbocycles. The molecule has 0 aromatic heterocycles. The molecule has 0 saturated carbocycles. The number of aliphatic hydroxyl groups excluding tert-OH is 1. The monoisotopic (exact) mass is 386 g/mol. The van der Waals surface area contributed by atoms with Crippen LogP contribution < -0.4 is 0 Å². The predicted molar refractivity (Wildman–Crippen MR) is 97.0 cm³/mol. The SMILES string of the molecule is C.Cc1ccccc1C(C)Cc1ccccc1.O=[C-]O.[B].[CH3-].[Y]. The van der Waals surface area contributed by atoms with Crippen LogP contribution in [0.4, 0.5) is 0 Å². The molecule has 2 aromatic rings. The fraction of sp³-hybridized carbons (Fsp3) is 0.263. The largest absolute Gasteiger partial charge is 0.665 e. The molecule has 122 valence electrons. The Hall–Kier alpha value is -0.921. The van der Waals surface area contributed by atoms with E-state index >= 15 is 0 Å². The van der Waals surface area contributed by atoms with Crippen molar-refractivity contribution in [3.8, 4) is 0 Å². The van der Waals surface area contributed by atoms with Crippen molar-refractivity contribution in [1.82, 2.24) is 0 Å². The zero-order valence-corrected chi connectivity index (χ0v) is 16.3. The molecule has 0 fully saturated rings. The van der Waals surface area contributed by atoms with Crippen molar-refractivity contribution in [3.63, 3.8) is 0 Å². The smallest absolute Gasteiger partial charge is 0 e. The molecule has 0 saturated heterocycles.